The lowest BCUT2D eigenvalue weighted by molar-refractivity contribution is 0.164. The predicted octanol–water partition coefficient (Wildman–Crippen LogP) is 1.30. The molecule has 0 aliphatic heterocycles. The molecule has 0 amide bonds. The molecule has 0 heterocycles. The van der Waals surface area contributed by atoms with E-state index in [-0.39, 0.29) is 0 Å². The van der Waals surface area contributed by atoms with Crippen molar-refractivity contribution in [1.82, 2.24) is 0 Å². The van der Waals surface area contributed by atoms with Crippen molar-refractivity contribution in [2.75, 3.05) is 5.73 Å². The molecule has 0 saturated heterocycles. The van der Waals surface area contributed by atoms with E-state index in [0.29, 0.717) is 16.3 Å². The van der Waals surface area contributed by atoms with Crippen molar-refractivity contribution in [2.24, 2.45) is 5.73 Å². The van der Waals surface area contributed by atoms with Gasteiger partial charge in [0.05, 0.1) is 12.1 Å². The van der Waals surface area contributed by atoms with Gasteiger partial charge in [-0.2, -0.15) is 0 Å². The molecule has 0 spiro atoms. The highest BCUT2D eigenvalue weighted by Crippen LogP contribution is 2.25. The third kappa shape index (κ3) is 2.34. The van der Waals surface area contributed by atoms with E-state index in [1.165, 1.54) is 0 Å². The van der Waals surface area contributed by atoms with Gasteiger partial charge in [-0.1, -0.05) is 11.6 Å². The lowest BCUT2D eigenvalue weighted by Gasteiger charge is -2.16. The molecule has 0 saturated carbocycles. The van der Waals surface area contributed by atoms with Crippen LogP contribution in [0.2, 0.25) is 5.02 Å². The summed E-state index contributed by atoms with van der Waals surface area (Å²) in [6.45, 7) is 1.62. The summed E-state index contributed by atoms with van der Waals surface area (Å²) in [4.78, 5) is 0. The van der Waals surface area contributed by atoms with Gasteiger partial charge in [-0.25, -0.2) is 0 Å². The zero-order valence-electron chi connectivity index (χ0n) is 7.37. The standard InChI is InChI=1S/C9H13ClN2O/c1-5(13)9(12)7-4-6(11)2-3-8(7)10/h2-5,9,13H,11-12H2,1H3/t5-,9-/m0/s1. The minimum atomic E-state index is -0.640. The maximum Gasteiger partial charge on any atom is 0.0705 e. The van der Waals surface area contributed by atoms with Crippen LogP contribution < -0.4 is 11.5 Å². The average molecular weight is 201 g/mol. The molecule has 1 rings (SSSR count). The van der Waals surface area contributed by atoms with E-state index >= 15 is 0 Å². The first-order valence-electron chi connectivity index (χ1n) is 4.01. The van der Waals surface area contributed by atoms with E-state index < -0.39 is 12.1 Å². The monoisotopic (exact) mass is 200 g/mol. The molecule has 0 unspecified atom stereocenters. The van der Waals surface area contributed by atoms with Crippen LogP contribution in [0.1, 0.15) is 18.5 Å². The van der Waals surface area contributed by atoms with E-state index in [0.717, 1.165) is 0 Å². The minimum absolute atomic E-state index is 0.490. The molecule has 5 N–H and O–H groups in total. The third-order valence-electron chi connectivity index (χ3n) is 1.90. The fourth-order valence-electron chi connectivity index (χ4n) is 1.08. The smallest absolute Gasteiger partial charge is 0.0705 e. The van der Waals surface area contributed by atoms with E-state index in [4.69, 9.17) is 23.1 Å². The predicted molar refractivity (Wildman–Crippen MR) is 54.5 cm³/mol. The fourth-order valence-corrected chi connectivity index (χ4v) is 1.32. The fraction of sp³-hybridized carbons (Fsp3) is 0.333. The number of hydrogen-bond acceptors (Lipinski definition) is 3. The molecule has 4 heteroatoms. The number of nitrogens with two attached hydrogens (primary N) is 2. The van der Waals surface area contributed by atoms with Crippen LogP contribution in [0, 0.1) is 0 Å². The van der Waals surface area contributed by atoms with Crippen LogP contribution >= 0.6 is 11.6 Å². The summed E-state index contributed by atoms with van der Waals surface area (Å²) in [5.74, 6) is 0. The molecular formula is C9H13ClN2O. The highest BCUT2D eigenvalue weighted by Gasteiger charge is 2.15. The molecular weight excluding hydrogens is 188 g/mol. The third-order valence-corrected chi connectivity index (χ3v) is 2.24. The van der Waals surface area contributed by atoms with E-state index in [9.17, 15) is 5.11 Å². The van der Waals surface area contributed by atoms with Crippen LogP contribution in [0.3, 0.4) is 0 Å². The van der Waals surface area contributed by atoms with Crippen LogP contribution in [-0.4, -0.2) is 11.2 Å². The number of anilines is 1. The molecule has 0 aliphatic carbocycles. The molecule has 0 aliphatic rings. The van der Waals surface area contributed by atoms with Crippen LogP contribution in [0.25, 0.3) is 0 Å². The van der Waals surface area contributed by atoms with Gasteiger partial charge in [0.15, 0.2) is 0 Å². The SMILES string of the molecule is C[C@H](O)[C@H](N)c1cc(N)ccc1Cl. The van der Waals surface area contributed by atoms with Crippen LogP contribution in [-0.2, 0) is 0 Å². The lowest BCUT2D eigenvalue weighted by Crippen LogP contribution is -2.23. The number of rotatable bonds is 2. The zero-order chi connectivity index (χ0) is 10.0. The Balaban J connectivity index is 3.05. The maximum absolute atomic E-state index is 9.27. The first-order valence-corrected chi connectivity index (χ1v) is 4.38. The van der Waals surface area contributed by atoms with Crippen molar-refractivity contribution in [3.8, 4) is 0 Å². The van der Waals surface area contributed by atoms with Gasteiger partial charge < -0.3 is 16.6 Å². The molecule has 0 fully saturated rings. The Kier molecular flexibility index (Phi) is 3.14. The molecule has 0 bridgehead atoms. The Morgan fingerprint density at radius 1 is 1.46 bits per heavy atom. The van der Waals surface area contributed by atoms with Gasteiger partial charge in [0, 0.05) is 10.7 Å². The quantitative estimate of drug-likeness (QED) is 0.631. The van der Waals surface area contributed by atoms with Crippen LogP contribution in [0.15, 0.2) is 18.2 Å². The van der Waals surface area contributed by atoms with Gasteiger partial charge in [0.25, 0.3) is 0 Å². The molecule has 0 radical (unpaired) electrons. The van der Waals surface area contributed by atoms with E-state index in [2.05, 4.69) is 0 Å². The van der Waals surface area contributed by atoms with Gasteiger partial charge >= 0.3 is 0 Å². The van der Waals surface area contributed by atoms with Crippen molar-refractivity contribution in [2.45, 2.75) is 19.1 Å². The summed E-state index contributed by atoms with van der Waals surface area (Å²) in [6, 6.07) is 4.56. The maximum atomic E-state index is 9.27. The number of hydrogen-bond donors (Lipinski definition) is 3. The molecule has 72 valence electrons. The van der Waals surface area contributed by atoms with Gasteiger partial charge in [-0.15, -0.1) is 0 Å². The van der Waals surface area contributed by atoms with Crippen molar-refractivity contribution in [1.29, 1.82) is 0 Å². The molecule has 1 aromatic carbocycles. The van der Waals surface area contributed by atoms with Gasteiger partial charge in [-0.05, 0) is 30.7 Å². The Bertz CT molecular complexity index is 302. The zero-order valence-corrected chi connectivity index (χ0v) is 8.12. The summed E-state index contributed by atoms with van der Waals surface area (Å²) < 4.78 is 0. The number of benzene rings is 1. The molecule has 2 atom stereocenters. The summed E-state index contributed by atoms with van der Waals surface area (Å²) in [5, 5.41) is 9.80. The summed E-state index contributed by atoms with van der Waals surface area (Å²) in [5.41, 5.74) is 12.6. The number of aliphatic hydroxyl groups excluding tert-OH is 1. The van der Waals surface area contributed by atoms with Crippen molar-refractivity contribution in [3.05, 3.63) is 28.8 Å². The first kappa shape index (κ1) is 10.3. The van der Waals surface area contributed by atoms with Crippen LogP contribution in [0.5, 0.6) is 0 Å². The number of aliphatic hydroxyl groups is 1. The Morgan fingerprint density at radius 2 is 2.08 bits per heavy atom. The molecule has 0 aromatic heterocycles. The Morgan fingerprint density at radius 3 is 2.62 bits per heavy atom. The second kappa shape index (κ2) is 3.96. The summed E-state index contributed by atoms with van der Waals surface area (Å²) in [7, 11) is 0. The van der Waals surface area contributed by atoms with Gasteiger partial charge in [-0.3, -0.25) is 0 Å². The van der Waals surface area contributed by atoms with E-state index in [1.807, 2.05) is 0 Å². The topological polar surface area (TPSA) is 72.3 Å². The van der Waals surface area contributed by atoms with Gasteiger partial charge in [0.1, 0.15) is 0 Å². The highest BCUT2D eigenvalue weighted by molar-refractivity contribution is 6.31. The number of nitrogen functional groups attached to an aromatic ring is 1. The Hall–Kier alpha value is -0.770. The first-order chi connectivity index (χ1) is 6.02. The summed E-state index contributed by atoms with van der Waals surface area (Å²) in [6.07, 6.45) is -0.640. The van der Waals surface area contributed by atoms with Crippen LogP contribution in [0.4, 0.5) is 5.69 Å². The number of halogens is 1. The lowest BCUT2D eigenvalue weighted by atomic mass is 10.0. The molecule has 3 nitrogen and oxygen atoms in total. The van der Waals surface area contributed by atoms with Crippen molar-refractivity contribution in [3.63, 3.8) is 0 Å². The van der Waals surface area contributed by atoms with Gasteiger partial charge in [0.2, 0.25) is 0 Å². The highest BCUT2D eigenvalue weighted by atomic mass is 35.5. The summed E-state index contributed by atoms with van der Waals surface area (Å²) >= 11 is 5.89. The largest absolute Gasteiger partial charge is 0.399 e. The normalized spacial score (nSPS) is 15.4. The molecule has 13 heavy (non-hydrogen) atoms. The van der Waals surface area contributed by atoms with Crippen molar-refractivity contribution >= 4 is 17.3 Å². The minimum Gasteiger partial charge on any atom is -0.399 e. The second-order valence-electron chi connectivity index (χ2n) is 3.05. The molecule has 1 aromatic rings. The average Bonchev–Trinajstić information content (AvgIpc) is 2.08. The second-order valence-corrected chi connectivity index (χ2v) is 3.45. The Labute approximate surface area is 82.3 Å². The van der Waals surface area contributed by atoms with E-state index in [1.54, 1.807) is 25.1 Å². The van der Waals surface area contributed by atoms with Crippen molar-refractivity contribution < 1.29 is 5.11 Å².